The molecular formula is C25H22F2N2O5. The van der Waals surface area contributed by atoms with Gasteiger partial charge in [0.05, 0.1) is 12.0 Å². The zero-order chi connectivity index (χ0) is 24.2. The van der Waals surface area contributed by atoms with E-state index in [0.717, 1.165) is 5.56 Å². The highest BCUT2D eigenvalue weighted by atomic mass is 19.3. The average molecular weight is 468 g/mol. The van der Waals surface area contributed by atoms with Gasteiger partial charge in [-0.05, 0) is 30.2 Å². The predicted molar refractivity (Wildman–Crippen MR) is 123 cm³/mol. The number of carbonyl (C=O) groups is 1. The maximum absolute atomic E-state index is 13.4. The van der Waals surface area contributed by atoms with E-state index in [1.165, 1.54) is 12.1 Å². The molecular weight excluding hydrogens is 446 g/mol. The Bertz CT molecular complexity index is 1320. The van der Waals surface area contributed by atoms with Crippen LogP contribution in [0.3, 0.4) is 0 Å². The lowest BCUT2D eigenvalue weighted by molar-refractivity contribution is -0.480. The minimum atomic E-state index is -3.07. The molecule has 7 nitrogen and oxygen atoms in total. The van der Waals surface area contributed by atoms with Crippen molar-refractivity contribution in [2.24, 2.45) is 0 Å². The Kier molecular flexibility index (Phi) is 6.72. The summed E-state index contributed by atoms with van der Waals surface area (Å²) in [4.78, 5) is 24.1. The van der Waals surface area contributed by atoms with Crippen LogP contribution in [0.4, 0.5) is 8.78 Å². The lowest BCUT2D eigenvalue weighted by Gasteiger charge is -2.21. The van der Waals surface area contributed by atoms with Crippen LogP contribution in [0.5, 0.6) is 5.75 Å². The van der Waals surface area contributed by atoms with E-state index in [0.29, 0.717) is 21.9 Å². The van der Waals surface area contributed by atoms with E-state index in [9.17, 15) is 23.7 Å². The number of halogens is 2. The topological polar surface area (TPSA) is 94.6 Å². The second-order valence-corrected chi connectivity index (χ2v) is 7.87. The lowest BCUT2D eigenvalue weighted by Crippen LogP contribution is -2.32. The minimum absolute atomic E-state index is 0.0639. The Morgan fingerprint density at radius 2 is 1.79 bits per heavy atom. The zero-order valence-corrected chi connectivity index (χ0v) is 18.2. The number of hydrogen-bond donors (Lipinski definition) is 1. The van der Waals surface area contributed by atoms with Crippen LogP contribution in [0, 0.1) is 10.1 Å². The molecule has 0 bridgehead atoms. The van der Waals surface area contributed by atoms with E-state index < -0.39 is 29.9 Å². The molecule has 9 heteroatoms. The smallest absolute Gasteiger partial charge is 0.387 e. The molecule has 176 valence electrons. The highest BCUT2D eigenvalue weighted by Gasteiger charge is 2.29. The Morgan fingerprint density at radius 3 is 2.50 bits per heavy atom. The third kappa shape index (κ3) is 4.83. The van der Waals surface area contributed by atoms with Crippen LogP contribution in [0.2, 0.25) is 0 Å². The maximum Gasteiger partial charge on any atom is 0.387 e. The molecule has 0 spiro atoms. The Morgan fingerprint density at radius 1 is 1.09 bits per heavy atom. The van der Waals surface area contributed by atoms with Gasteiger partial charge in [-0.15, -0.1) is 0 Å². The van der Waals surface area contributed by atoms with Crippen molar-refractivity contribution in [2.75, 3.05) is 6.54 Å². The molecule has 0 saturated heterocycles. The standard InChI is InChI=1S/C25H22F2N2O5/c1-15(16-7-3-2-4-8-16)28-24(30)18(13-14-29(31)32)17-11-12-21(34-25(26)27)23-22(17)19-9-5-6-10-20(19)33-23/h2-12,15,18,25H,13-14H2,1H3,(H,28,30). The molecule has 0 aliphatic rings. The highest BCUT2D eigenvalue weighted by Crippen LogP contribution is 2.41. The van der Waals surface area contributed by atoms with Gasteiger partial charge in [-0.1, -0.05) is 54.6 Å². The minimum Gasteiger partial charge on any atom is -0.452 e. The summed E-state index contributed by atoms with van der Waals surface area (Å²) >= 11 is 0. The summed E-state index contributed by atoms with van der Waals surface area (Å²) in [6, 6.07) is 18.7. The Hall–Kier alpha value is -4.01. The van der Waals surface area contributed by atoms with Crippen LogP contribution in [0.1, 0.15) is 36.4 Å². The number of alkyl halides is 2. The number of nitrogens with zero attached hydrogens (tertiary/aromatic N) is 1. The average Bonchev–Trinajstić information content (AvgIpc) is 3.20. The highest BCUT2D eigenvalue weighted by molar-refractivity contribution is 6.10. The molecule has 0 saturated carbocycles. The number of hydrogen-bond acceptors (Lipinski definition) is 5. The molecule has 0 aliphatic heterocycles. The third-order valence-electron chi connectivity index (χ3n) is 5.69. The summed E-state index contributed by atoms with van der Waals surface area (Å²) in [6.45, 7) is -1.69. The molecule has 2 unspecified atom stereocenters. The summed E-state index contributed by atoms with van der Waals surface area (Å²) in [5.41, 5.74) is 1.81. The molecule has 4 rings (SSSR count). The van der Waals surface area contributed by atoms with E-state index in [-0.39, 0.29) is 23.8 Å². The molecule has 0 radical (unpaired) electrons. The summed E-state index contributed by atoms with van der Waals surface area (Å²) < 4.78 is 36.4. The number of nitro groups is 1. The van der Waals surface area contributed by atoms with Crippen LogP contribution >= 0.6 is 0 Å². The summed E-state index contributed by atoms with van der Waals surface area (Å²) in [7, 11) is 0. The molecule has 1 aromatic heterocycles. The quantitative estimate of drug-likeness (QED) is 0.247. The first kappa shape index (κ1) is 23.2. The SMILES string of the molecule is CC(NC(=O)C(CC[N+](=O)[O-])c1ccc(OC(F)F)c2oc3ccccc3c12)c1ccccc1. The number of para-hydroxylation sites is 1. The van der Waals surface area contributed by atoms with Gasteiger partial charge in [-0.2, -0.15) is 8.78 Å². The number of furan rings is 1. The third-order valence-corrected chi connectivity index (χ3v) is 5.69. The van der Waals surface area contributed by atoms with E-state index in [4.69, 9.17) is 4.42 Å². The summed E-state index contributed by atoms with van der Waals surface area (Å²) in [5, 5.41) is 15.1. The Balaban J connectivity index is 1.80. The maximum atomic E-state index is 13.4. The van der Waals surface area contributed by atoms with Gasteiger partial charge >= 0.3 is 6.61 Å². The van der Waals surface area contributed by atoms with E-state index in [1.807, 2.05) is 37.3 Å². The van der Waals surface area contributed by atoms with Crippen molar-refractivity contribution in [3.05, 3.63) is 88.0 Å². The second-order valence-electron chi connectivity index (χ2n) is 7.87. The van der Waals surface area contributed by atoms with Crippen molar-refractivity contribution in [1.82, 2.24) is 5.32 Å². The van der Waals surface area contributed by atoms with Gasteiger partial charge in [-0.3, -0.25) is 14.9 Å². The summed E-state index contributed by atoms with van der Waals surface area (Å²) in [6.07, 6.45) is -0.0794. The fourth-order valence-corrected chi connectivity index (χ4v) is 4.11. The van der Waals surface area contributed by atoms with E-state index >= 15 is 0 Å². The number of fused-ring (bicyclic) bond motifs is 3. The lowest BCUT2D eigenvalue weighted by atomic mass is 9.90. The number of carbonyl (C=O) groups excluding carboxylic acids is 1. The molecule has 0 fully saturated rings. The normalized spacial score (nSPS) is 13.2. The van der Waals surface area contributed by atoms with Crippen LogP contribution in [-0.2, 0) is 4.79 Å². The molecule has 1 N–H and O–H groups in total. The molecule has 34 heavy (non-hydrogen) atoms. The van der Waals surface area contributed by atoms with Gasteiger partial charge in [0.15, 0.2) is 11.3 Å². The molecule has 3 aromatic carbocycles. The van der Waals surface area contributed by atoms with Gasteiger partial charge in [-0.25, -0.2) is 0 Å². The predicted octanol–water partition coefficient (Wildman–Crippen LogP) is 5.82. The molecule has 0 aliphatic carbocycles. The fourth-order valence-electron chi connectivity index (χ4n) is 4.11. The largest absolute Gasteiger partial charge is 0.452 e. The first-order valence-corrected chi connectivity index (χ1v) is 10.7. The van der Waals surface area contributed by atoms with Crippen molar-refractivity contribution in [2.45, 2.75) is 31.9 Å². The van der Waals surface area contributed by atoms with Gasteiger partial charge in [0.1, 0.15) is 5.58 Å². The molecule has 1 amide bonds. The molecule has 1 heterocycles. The molecule has 2 atom stereocenters. The zero-order valence-electron chi connectivity index (χ0n) is 18.2. The van der Waals surface area contributed by atoms with E-state index in [2.05, 4.69) is 10.1 Å². The number of ether oxygens (including phenoxy) is 1. The second kappa shape index (κ2) is 9.86. The number of rotatable bonds is 9. The molecule has 4 aromatic rings. The summed E-state index contributed by atoms with van der Waals surface area (Å²) in [5.74, 6) is -1.50. The first-order valence-electron chi connectivity index (χ1n) is 10.7. The van der Waals surface area contributed by atoms with Crippen molar-refractivity contribution in [1.29, 1.82) is 0 Å². The van der Waals surface area contributed by atoms with Crippen molar-refractivity contribution >= 4 is 27.8 Å². The van der Waals surface area contributed by atoms with Crippen LogP contribution < -0.4 is 10.1 Å². The van der Waals surface area contributed by atoms with Gasteiger partial charge in [0.2, 0.25) is 12.5 Å². The van der Waals surface area contributed by atoms with Gasteiger partial charge in [0, 0.05) is 22.1 Å². The van der Waals surface area contributed by atoms with Crippen molar-refractivity contribution in [3.8, 4) is 5.75 Å². The Labute approximate surface area is 193 Å². The first-order chi connectivity index (χ1) is 16.3. The van der Waals surface area contributed by atoms with Gasteiger partial charge in [0.25, 0.3) is 0 Å². The van der Waals surface area contributed by atoms with Crippen molar-refractivity contribution in [3.63, 3.8) is 0 Å². The van der Waals surface area contributed by atoms with Crippen LogP contribution in [0.25, 0.3) is 21.9 Å². The number of nitrogens with one attached hydrogen (secondary N) is 1. The number of benzene rings is 3. The monoisotopic (exact) mass is 468 g/mol. The van der Waals surface area contributed by atoms with Crippen molar-refractivity contribution < 1.29 is 27.7 Å². The van der Waals surface area contributed by atoms with Crippen LogP contribution in [-0.4, -0.2) is 24.0 Å². The fraction of sp³-hybridized carbons (Fsp3) is 0.240. The van der Waals surface area contributed by atoms with E-state index in [1.54, 1.807) is 24.3 Å². The van der Waals surface area contributed by atoms with Crippen LogP contribution in [0.15, 0.2) is 71.1 Å². The number of amides is 1. The van der Waals surface area contributed by atoms with Gasteiger partial charge < -0.3 is 14.5 Å².